The van der Waals surface area contributed by atoms with Crippen LogP contribution in [0.5, 0.6) is 0 Å². The summed E-state index contributed by atoms with van der Waals surface area (Å²) in [5.41, 5.74) is 0.106. The fourth-order valence-corrected chi connectivity index (χ4v) is 2.13. The number of nitrogens with one attached hydrogen (secondary N) is 1. The molecule has 0 heterocycles. The molecule has 0 aliphatic carbocycles. The third kappa shape index (κ3) is 4.53. The number of benzene rings is 1. The molecule has 0 aromatic heterocycles. The van der Waals surface area contributed by atoms with Crippen molar-refractivity contribution in [2.24, 2.45) is 0 Å². The highest BCUT2D eigenvalue weighted by atomic mass is 19.1. The molecule has 4 heteroatoms. The Labute approximate surface area is 115 Å². The lowest BCUT2D eigenvalue weighted by Crippen LogP contribution is -2.41. The summed E-state index contributed by atoms with van der Waals surface area (Å²) in [5.74, 6) is -0.209. The summed E-state index contributed by atoms with van der Waals surface area (Å²) in [5, 5.41) is 12.3. The van der Waals surface area contributed by atoms with E-state index >= 15 is 0 Å². The van der Waals surface area contributed by atoms with Crippen molar-refractivity contribution in [3.63, 3.8) is 0 Å². The van der Waals surface area contributed by atoms with E-state index < -0.39 is 5.54 Å². The highest BCUT2D eigenvalue weighted by Crippen LogP contribution is 2.18. The van der Waals surface area contributed by atoms with Crippen molar-refractivity contribution in [1.82, 2.24) is 5.32 Å². The summed E-state index contributed by atoms with van der Waals surface area (Å²) in [6.45, 7) is 5.39. The fraction of sp³-hybridized carbons (Fsp3) is 0.533. The van der Waals surface area contributed by atoms with Crippen molar-refractivity contribution in [3.05, 3.63) is 30.1 Å². The molecule has 0 aliphatic heterocycles. The monoisotopic (exact) mass is 263 g/mol. The minimum atomic E-state index is -0.495. The van der Waals surface area contributed by atoms with Gasteiger partial charge in [0.2, 0.25) is 0 Å². The second-order valence-electron chi connectivity index (χ2n) is 4.95. The Morgan fingerprint density at radius 2 is 2.11 bits per heavy atom. The van der Waals surface area contributed by atoms with Crippen molar-refractivity contribution < 1.29 is 4.39 Å². The number of rotatable bonds is 7. The number of anilines is 1. The van der Waals surface area contributed by atoms with Crippen LogP contribution in [0, 0.1) is 17.1 Å². The number of nitrogens with zero attached hydrogens (tertiary/aromatic N) is 2. The molecule has 104 valence electrons. The van der Waals surface area contributed by atoms with Crippen LogP contribution in [0.3, 0.4) is 0 Å². The normalized spacial score (nSPS) is 13.6. The second-order valence-corrected chi connectivity index (χ2v) is 4.95. The van der Waals surface area contributed by atoms with E-state index in [1.807, 2.05) is 31.9 Å². The van der Waals surface area contributed by atoms with Crippen LogP contribution < -0.4 is 10.2 Å². The van der Waals surface area contributed by atoms with Crippen molar-refractivity contribution in [3.8, 4) is 6.07 Å². The first-order chi connectivity index (χ1) is 9.02. The molecule has 0 spiro atoms. The van der Waals surface area contributed by atoms with Gasteiger partial charge < -0.3 is 4.90 Å². The van der Waals surface area contributed by atoms with E-state index in [4.69, 9.17) is 5.26 Å². The molecular weight excluding hydrogens is 241 g/mol. The first kappa shape index (κ1) is 15.5. The topological polar surface area (TPSA) is 39.1 Å². The number of hydrogen-bond acceptors (Lipinski definition) is 3. The first-order valence-corrected chi connectivity index (χ1v) is 6.64. The molecule has 0 saturated carbocycles. The van der Waals surface area contributed by atoms with E-state index in [-0.39, 0.29) is 5.82 Å². The molecule has 1 atom stereocenters. The molecule has 1 N–H and O–H groups in total. The van der Waals surface area contributed by atoms with E-state index in [1.165, 1.54) is 6.07 Å². The number of halogens is 1. The van der Waals surface area contributed by atoms with E-state index in [1.54, 1.807) is 12.1 Å². The van der Waals surface area contributed by atoms with Crippen LogP contribution in [0.4, 0.5) is 10.1 Å². The van der Waals surface area contributed by atoms with Gasteiger partial charge in [-0.15, -0.1) is 0 Å². The predicted octanol–water partition coefficient (Wildman–Crippen LogP) is 2.93. The van der Waals surface area contributed by atoms with Crippen LogP contribution in [0.25, 0.3) is 0 Å². The molecule has 1 aromatic carbocycles. The van der Waals surface area contributed by atoms with Crippen molar-refractivity contribution in [1.29, 1.82) is 5.26 Å². The van der Waals surface area contributed by atoms with Gasteiger partial charge in [-0.25, -0.2) is 4.39 Å². The largest absolute Gasteiger partial charge is 0.372 e. The molecule has 0 saturated heterocycles. The summed E-state index contributed by atoms with van der Waals surface area (Å²) < 4.78 is 13.6. The Balaban J connectivity index is 2.50. The molecule has 0 radical (unpaired) electrons. The summed E-state index contributed by atoms with van der Waals surface area (Å²) >= 11 is 0. The van der Waals surface area contributed by atoms with Gasteiger partial charge in [0, 0.05) is 13.6 Å². The third-order valence-electron chi connectivity index (χ3n) is 3.25. The number of para-hydroxylation sites is 1. The zero-order valence-corrected chi connectivity index (χ0v) is 11.9. The third-order valence-corrected chi connectivity index (χ3v) is 3.25. The van der Waals surface area contributed by atoms with Gasteiger partial charge in [0.05, 0.1) is 11.8 Å². The van der Waals surface area contributed by atoms with Gasteiger partial charge in [-0.1, -0.05) is 19.1 Å². The van der Waals surface area contributed by atoms with Gasteiger partial charge >= 0.3 is 0 Å². The Morgan fingerprint density at radius 3 is 2.68 bits per heavy atom. The van der Waals surface area contributed by atoms with Gasteiger partial charge in [0.1, 0.15) is 11.4 Å². The van der Waals surface area contributed by atoms with Crippen LogP contribution in [0.15, 0.2) is 24.3 Å². The molecule has 1 unspecified atom stereocenters. The first-order valence-electron chi connectivity index (χ1n) is 6.64. The highest BCUT2D eigenvalue weighted by molar-refractivity contribution is 5.46. The van der Waals surface area contributed by atoms with Crippen LogP contribution in [-0.4, -0.2) is 25.7 Å². The van der Waals surface area contributed by atoms with Gasteiger partial charge in [-0.2, -0.15) is 5.26 Å². The van der Waals surface area contributed by atoms with E-state index in [0.717, 1.165) is 25.9 Å². The maximum atomic E-state index is 13.6. The Morgan fingerprint density at radius 1 is 1.42 bits per heavy atom. The number of nitriles is 1. The zero-order chi connectivity index (χ0) is 14.3. The summed E-state index contributed by atoms with van der Waals surface area (Å²) in [6, 6.07) is 9.04. The van der Waals surface area contributed by atoms with Gasteiger partial charge in [0.15, 0.2) is 0 Å². The lowest BCUT2D eigenvalue weighted by Gasteiger charge is -2.25. The maximum Gasteiger partial charge on any atom is 0.146 e. The lowest BCUT2D eigenvalue weighted by atomic mass is 9.97. The molecule has 19 heavy (non-hydrogen) atoms. The quantitative estimate of drug-likeness (QED) is 0.822. The highest BCUT2D eigenvalue weighted by Gasteiger charge is 2.21. The summed E-state index contributed by atoms with van der Waals surface area (Å²) in [4.78, 5) is 1.89. The molecule has 0 aliphatic rings. The Hall–Kier alpha value is -1.60. The van der Waals surface area contributed by atoms with Crippen LogP contribution in [-0.2, 0) is 0 Å². The molecule has 0 bridgehead atoms. The molecule has 0 amide bonds. The lowest BCUT2D eigenvalue weighted by molar-refractivity contribution is 0.418. The van der Waals surface area contributed by atoms with Gasteiger partial charge in [-0.3, -0.25) is 5.32 Å². The Kier molecular flexibility index (Phi) is 5.78. The van der Waals surface area contributed by atoms with Crippen molar-refractivity contribution >= 4 is 5.69 Å². The van der Waals surface area contributed by atoms with Crippen LogP contribution in [0.1, 0.15) is 26.7 Å². The molecule has 3 nitrogen and oxygen atoms in total. The minimum absolute atomic E-state index is 0.209. The minimum Gasteiger partial charge on any atom is -0.372 e. The second kappa shape index (κ2) is 7.10. The molecular formula is C15H22FN3. The predicted molar refractivity (Wildman–Crippen MR) is 76.6 cm³/mol. The summed E-state index contributed by atoms with van der Waals surface area (Å²) in [6.07, 6.45) is 1.58. The SMILES string of the molecule is CCNC(C)(C#N)CCCN(C)c1ccccc1F. The summed E-state index contributed by atoms with van der Waals surface area (Å²) in [7, 11) is 1.87. The smallest absolute Gasteiger partial charge is 0.146 e. The van der Waals surface area contributed by atoms with E-state index in [2.05, 4.69) is 11.4 Å². The standard InChI is InChI=1S/C15H22FN3/c1-4-18-15(2,12-17)10-7-11-19(3)14-9-6-5-8-13(14)16/h5-6,8-9,18H,4,7,10-11H2,1-3H3. The van der Waals surface area contributed by atoms with E-state index in [9.17, 15) is 4.39 Å². The molecule has 1 rings (SSSR count). The molecule has 1 aromatic rings. The van der Waals surface area contributed by atoms with Gasteiger partial charge in [0.25, 0.3) is 0 Å². The Bertz CT molecular complexity index is 441. The maximum absolute atomic E-state index is 13.6. The van der Waals surface area contributed by atoms with Crippen LogP contribution >= 0.6 is 0 Å². The van der Waals surface area contributed by atoms with Crippen LogP contribution in [0.2, 0.25) is 0 Å². The fourth-order valence-electron chi connectivity index (χ4n) is 2.13. The average molecular weight is 263 g/mol. The number of hydrogen-bond donors (Lipinski definition) is 1. The zero-order valence-electron chi connectivity index (χ0n) is 11.9. The van der Waals surface area contributed by atoms with Crippen molar-refractivity contribution in [2.45, 2.75) is 32.2 Å². The average Bonchev–Trinajstić information content (AvgIpc) is 2.39. The molecule has 0 fully saturated rings. The van der Waals surface area contributed by atoms with Crippen molar-refractivity contribution in [2.75, 3.05) is 25.0 Å². The van der Waals surface area contributed by atoms with Gasteiger partial charge in [-0.05, 0) is 38.4 Å². The van der Waals surface area contributed by atoms with E-state index in [0.29, 0.717) is 5.69 Å².